The second kappa shape index (κ2) is 9.94. The number of Topliss-reactive ketones (excluding diaryl/α,β-unsaturated/α-hetero) is 1. The topological polar surface area (TPSA) is 72.0 Å². The summed E-state index contributed by atoms with van der Waals surface area (Å²) < 4.78 is 1.74. The first-order chi connectivity index (χ1) is 12.0. The standard InChI is InChI=1S/C17H21N3O2S3/c1-4-23-16-19-20-17(25-16)24-10-14(21)12-5-7-13(8-6-12)18-15(22)9-11(2)3/h5-8,11H,4,9-10H2,1-3H3,(H,18,22). The third kappa shape index (κ3) is 6.80. The number of hydrogen-bond acceptors (Lipinski definition) is 7. The van der Waals surface area contributed by atoms with Crippen LogP contribution in [0.25, 0.3) is 0 Å². The minimum Gasteiger partial charge on any atom is -0.326 e. The predicted molar refractivity (Wildman–Crippen MR) is 106 cm³/mol. The van der Waals surface area contributed by atoms with E-state index in [9.17, 15) is 9.59 Å². The van der Waals surface area contributed by atoms with E-state index in [0.717, 1.165) is 14.4 Å². The van der Waals surface area contributed by atoms with Crippen molar-refractivity contribution in [3.8, 4) is 0 Å². The molecule has 0 unspecified atom stereocenters. The summed E-state index contributed by atoms with van der Waals surface area (Å²) in [6.07, 6.45) is 0.484. The van der Waals surface area contributed by atoms with Crippen LogP contribution in [-0.4, -0.2) is 33.4 Å². The molecule has 0 fully saturated rings. The minimum atomic E-state index is -0.0124. The molecule has 0 bridgehead atoms. The van der Waals surface area contributed by atoms with Crippen LogP contribution in [0.1, 0.15) is 37.6 Å². The Bertz CT molecular complexity index is 714. The lowest BCUT2D eigenvalue weighted by atomic mass is 10.1. The lowest BCUT2D eigenvalue weighted by Gasteiger charge is -2.07. The number of benzene rings is 1. The molecule has 0 aliphatic heterocycles. The van der Waals surface area contributed by atoms with E-state index in [-0.39, 0.29) is 11.7 Å². The molecule has 25 heavy (non-hydrogen) atoms. The molecular weight excluding hydrogens is 374 g/mol. The second-order valence-electron chi connectivity index (χ2n) is 5.70. The highest BCUT2D eigenvalue weighted by molar-refractivity contribution is 8.03. The monoisotopic (exact) mass is 395 g/mol. The average molecular weight is 396 g/mol. The van der Waals surface area contributed by atoms with Crippen molar-refractivity contribution in [3.63, 3.8) is 0 Å². The van der Waals surface area contributed by atoms with Gasteiger partial charge in [0.1, 0.15) is 0 Å². The molecule has 1 N–H and O–H groups in total. The highest BCUT2D eigenvalue weighted by atomic mass is 32.2. The summed E-state index contributed by atoms with van der Waals surface area (Å²) in [4.78, 5) is 24.0. The molecule has 0 saturated heterocycles. The van der Waals surface area contributed by atoms with E-state index < -0.39 is 0 Å². The van der Waals surface area contributed by atoms with E-state index in [2.05, 4.69) is 22.4 Å². The number of thioether (sulfide) groups is 2. The molecule has 8 heteroatoms. The Labute approximate surface area is 160 Å². The van der Waals surface area contributed by atoms with Crippen molar-refractivity contribution in [1.82, 2.24) is 10.2 Å². The van der Waals surface area contributed by atoms with Crippen LogP contribution >= 0.6 is 34.9 Å². The van der Waals surface area contributed by atoms with Crippen LogP contribution < -0.4 is 5.32 Å². The van der Waals surface area contributed by atoms with Crippen molar-refractivity contribution in [1.29, 1.82) is 0 Å². The van der Waals surface area contributed by atoms with Crippen molar-refractivity contribution in [2.45, 2.75) is 35.9 Å². The molecule has 0 saturated carbocycles. The van der Waals surface area contributed by atoms with Gasteiger partial charge in [-0.15, -0.1) is 10.2 Å². The highest BCUT2D eigenvalue weighted by Gasteiger charge is 2.11. The Morgan fingerprint density at radius 2 is 1.76 bits per heavy atom. The number of nitrogens with zero attached hydrogens (tertiary/aromatic N) is 2. The summed E-state index contributed by atoms with van der Waals surface area (Å²) in [6.45, 7) is 6.07. The Balaban J connectivity index is 1.86. The molecular formula is C17H21N3O2S3. The van der Waals surface area contributed by atoms with Crippen molar-refractivity contribution in [2.75, 3.05) is 16.8 Å². The van der Waals surface area contributed by atoms with Gasteiger partial charge in [-0.3, -0.25) is 9.59 Å². The van der Waals surface area contributed by atoms with Crippen molar-refractivity contribution < 1.29 is 9.59 Å². The fourth-order valence-corrected chi connectivity index (χ4v) is 4.78. The normalized spacial score (nSPS) is 10.9. The van der Waals surface area contributed by atoms with Gasteiger partial charge in [0.05, 0.1) is 5.75 Å². The minimum absolute atomic E-state index is 0.0124. The molecule has 1 heterocycles. The van der Waals surface area contributed by atoms with Crippen LogP contribution in [0.2, 0.25) is 0 Å². The molecule has 0 spiro atoms. The van der Waals surface area contributed by atoms with Crippen LogP contribution in [0.3, 0.4) is 0 Å². The average Bonchev–Trinajstić information content (AvgIpc) is 3.00. The number of hydrogen-bond donors (Lipinski definition) is 1. The molecule has 2 aromatic rings. The molecule has 1 aromatic heterocycles. The van der Waals surface area contributed by atoms with Crippen LogP contribution in [0.15, 0.2) is 32.9 Å². The van der Waals surface area contributed by atoms with Gasteiger partial charge in [-0.2, -0.15) is 0 Å². The molecule has 0 aliphatic rings. The highest BCUT2D eigenvalue weighted by Crippen LogP contribution is 2.29. The van der Waals surface area contributed by atoms with Gasteiger partial charge in [-0.1, -0.05) is 55.6 Å². The van der Waals surface area contributed by atoms with E-state index >= 15 is 0 Å². The van der Waals surface area contributed by atoms with E-state index in [1.54, 1.807) is 36.0 Å². The largest absolute Gasteiger partial charge is 0.326 e. The van der Waals surface area contributed by atoms with Crippen LogP contribution in [0.4, 0.5) is 5.69 Å². The number of amides is 1. The Morgan fingerprint density at radius 3 is 2.36 bits per heavy atom. The second-order valence-corrected chi connectivity index (χ2v) is 9.41. The fraction of sp³-hybridized carbons (Fsp3) is 0.412. The van der Waals surface area contributed by atoms with Crippen LogP contribution in [0.5, 0.6) is 0 Å². The zero-order valence-corrected chi connectivity index (χ0v) is 16.9. The quantitative estimate of drug-likeness (QED) is 0.494. The summed E-state index contributed by atoms with van der Waals surface area (Å²) in [6, 6.07) is 7.01. The van der Waals surface area contributed by atoms with Gasteiger partial charge in [-0.25, -0.2) is 0 Å². The van der Waals surface area contributed by atoms with E-state index in [0.29, 0.717) is 29.3 Å². The summed E-state index contributed by atoms with van der Waals surface area (Å²) in [5.74, 6) is 1.61. The first-order valence-electron chi connectivity index (χ1n) is 8.00. The number of nitrogens with one attached hydrogen (secondary N) is 1. The zero-order valence-electron chi connectivity index (χ0n) is 14.4. The number of rotatable bonds is 9. The van der Waals surface area contributed by atoms with Crippen molar-refractivity contribution in [3.05, 3.63) is 29.8 Å². The number of ketones is 1. The molecule has 1 aromatic carbocycles. The van der Waals surface area contributed by atoms with E-state index in [1.165, 1.54) is 23.1 Å². The fourth-order valence-electron chi connectivity index (χ4n) is 1.97. The maximum absolute atomic E-state index is 12.3. The van der Waals surface area contributed by atoms with E-state index in [1.807, 2.05) is 13.8 Å². The maximum atomic E-state index is 12.3. The lowest BCUT2D eigenvalue weighted by molar-refractivity contribution is -0.116. The predicted octanol–water partition coefficient (Wildman–Crippen LogP) is 4.61. The number of carbonyl (C=O) groups is 2. The summed E-state index contributed by atoms with van der Waals surface area (Å²) in [5.41, 5.74) is 1.34. The lowest BCUT2D eigenvalue weighted by Crippen LogP contribution is -2.14. The van der Waals surface area contributed by atoms with Gasteiger partial charge in [0, 0.05) is 17.7 Å². The molecule has 0 aliphatic carbocycles. The van der Waals surface area contributed by atoms with Gasteiger partial charge in [-0.05, 0) is 35.9 Å². The molecule has 1 amide bonds. The maximum Gasteiger partial charge on any atom is 0.224 e. The van der Waals surface area contributed by atoms with Gasteiger partial charge in [0.25, 0.3) is 0 Å². The summed E-state index contributed by atoms with van der Waals surface area (Å²) in [5, 5.41) is 11.0. The van der Waals surface area contributed by atoms with Crippen LogP contribution in [-0.2, 0) is 4.79 Å². The third-order valence-electron chi connectivity index (χ3n) is 3.07. The summed E-state index contributed by atoms with van der Waals surface area (Å²) >= 11 is 4.57. The number of carbonyl (C=O) groups excluding carboxylic acids is 2. The number of anilines is 1. The smallest absolute Gasteiger partial charge is 0.224 e. The summed E-state index contributed by atoms with van der Waals surface area (Å²) in [7, 11) is 0. The Kier molecular flexibility index (Phi) is 7.92. The van der Waals surface area contributed by atoms with Crippen molar-refractivity contribution in [2.24, 2.45) is 5.92 Å². The number of aromatic nitrogens is 2. The molecule has 2 rings (SSSR count). The van der Waals surface area contributed by atoms with Gasteiger partial charge >= 0.3 is 0 Å². The Morgan fingerprint density at radius 1 is 1.12 bits per heavy atom. The van der Waals surface area contributed by atoms with Crippen LogP contribution in [0, 0.1) is 5.92 Å². The third-order valence-corrected chi connectivity index (χ3v) is 6.14. The SMILES string of the molecule is CCSc1nnc(SCC(=O)c2ccc(NC(=O)CC(C)C)cc2)s1. The molecule has 134 valence electrons. The van der Waals surface area contributed by atoms with Crippen molar-refractivity contribution >= 4 is 52.2 Å². The Hall–Kier alpha value is -1.38. The van der Waals surface area contributed by atoms with Gasteiger partial charge < -0.3 is 5.32 Å². The van der Waals surface area contributed by atoms with Gasteiger partial charge in [0.2, 0.25) is 5.91 Å². The molecule has 5 nitrogen and oxygen atoms in total. The first-order valence-corrected chi connectivity index (χ1v) is 10.8. The van der Waals surface area contributed by atoms with E-state index in [4.69, 9.17) is 0 Å². The molecule has 0 atom stereocenters. The molecule has 0 radical (unpaired) electrons. The first kappa shape index (κ1) is 19.9. The van der Waals surface area contributed by atoms with Gasteiger partial charge in [0.15, 0.2) is 14.5 Å². The zero-order chi connectivity index (χ0) is 18.2.